The molecule has 3 aliphatic rings. The lowest BCUT2D eigenvalue weighted by atomic mass is 9.79. The standard InChI is InChI=1S/C25H28N4O2.C4H8O/c1-27-25(31)28-23-15-21(9-10-22(23)20-3-2-4-20)24(30)29-13-11-19(12-14-29)18-7-5-17(16-26)6-8-18;1-2-4-5-3-1/h5-10,15,19-20H,2-4,11-14H2,1H3,(H2,27,28,31);1-4H2. The lowest BCUT2D eigenvalue weighted by molar-refractivity contribution is 0.0713. The first-order chi connectivity index (χ1) is 17.6. The molecule has 1 aliphatic carbocycles. The van der Waals surface area contributed by atoms with Crippen LogP contribution in [-0.2, 0) is 4.74 Å². The van der Waals surface area contributed by atoms with E-state index < -0.39 is 0 Å². The van der Waals surface area contributed by atoms with Crippen LogP contribution in [0.5, 0.6) is 0 Å². The van der Waals surface area contributed by atoms with E-state index in [1.54, 1.807) is 7.05 Å². The largest absolute Gasteiger partial charge is 0.381 e. The Morgan fingerprint density at radius 3 is 2.17 bits per heavy atom. The van der Waals surface area contributed by atoms with Crippen molar-refractivity contribution in [1.29, 1.82) is 5.26 Å². The molecule has 2 aromatic rings. The van der Waals surface area contributed by atoms with Crippen LogP contribution in [0.3, 0.4) is 0 Å². The number of carbonyl (C=O) groups excluding carboxylic acids is 2. The van der Waals surface area contributed by atoms with Gasteiger partial charge in [-0.1, -0.05) is 24.6 Å². The zero-order valence-corrected chi connectivity index (χ0v) is 21.1. The lowest BCUT2D eigenvalue weighted by Crippen LogP contribution is -2.38. The monoisotopic (exact) mass is 488 g/mol. The number of nitrogens with one attached hydrogen (secondary N) is 2. The average molecular weight is 489 g/mol. The SMILES string of the molecule is C1CCOC1.CNC(=O)Nc1cc(C(=O)N2CCC(c3ccc(C#N)cc3)CC2)ccc1C1CCC1. The molecule has 0 unspecified atom stereocenters. The lowest BCUT2D eigenvalue weighted by Gasteiger charge is -2.33. The van der Waals surface area contributed by atoms with Gasteiger partial charge in [-0.3, -0.25) is 4.79 Å². The van der Waals surface area contributed by atoms with Crippen LogP contribution < -0.4 is 10.6 Å². The maximum Gasteiger partial charge on any atom is 0.318 e. The molecule has 0 atom stereocenters. The predicted octanol–water partition coefficient (Wildman–Crippen LogP) is 5.39. The second-order valence-electron chi connectivity index (χ2n) is 9.75. The highest BCUT2D eigenvalue weighted by atomic mass is 16.5. The fraction of sp³-hybridized carbons (Fsp3) is 0.483. The summed E-state index contributed by atoms with van der Waals surface area (Å²) in [6.45, 7) is 3.40. The Hall–Kier alpha value is -3.37. The Labute approximate surface area is 213 Å². The Morgan fingerprint density at radius 1 is 0.944 bits per heavy atom. The number of hydrogen-bond acceptors (Lipinski definition) is 4. The molecule has 0 aromatic heterocycles. The van der Waals surface area contributed by atoms with Gasteiger partial charge in [-0.05, 0) is 85.8 Å². The van der Waals surface area contributed by atoms with Crippen LogP contribution in [0.15, 0.2) is 42.5 Å². The van der Waals surface area contributed by atoms with Gasteiger partial charge in [-0.2, -0.15) is 5.26 Å². The van der Waals surface area contributed by atoms with Crippen LogP contribution in [0, 0.1) is 11.3 Å². The first kappa shape index (κ1) is 25.7. The Morgan fingerprint density at radius 2 is 1.64 bits per heavy atom. The third kappa shape index (κ3) is 6.44. The van der Waals surface area contributed by atoms with Crippen molar-refractivity contribution in [3.8, 4) is 6.07 Å². The van der Waals surface area contributed by atoms with Gasteiger partial charge in [0.25, 0.3) is 5.91 Å². The fourth-order valence-corrected chi connectivity index (χ4v) is 5.00. The van der Waals surface area contributed by atoms with Crippen LogP contribution in [0.1, 0.15) is 83.8 Å². The predicted molar refractivity (Wildman–Crippen MR) is 140 cm³/mol. The number of nitriles is 1. The fourth-order valence-electron chi connectivity index (χ4n) is 5.00. The minimum absolute atomic E-state index is 0.0124. The Bertz CT molecular complexity index is 1070. The summed E-state index contributed by atoms with van der Waals surface area (Å²) in [7, 11) is 1.59. The molecule has 0 radical (unpaired) electrons. The molecular weight excluding hydrogens is 452 g/mol. The van der Waals surface area contributed by atoms with Gasteiger partial charge in [-0.25, -0.2) is 4.79 Å². The van der Waals surface area contributed by atoms with Gasteiger partial charge in [0.2, 0.25) is 0 Å². The van der Waals surface area contributed by atoms with Gasteiger partial charge in [0.05, 0.1) is 11.6 Å². The van der Waals surface area contributed by atoms with E-state index in [9.17, 15) is 9.59 Å². The van der Waals surface area contributed by atoms with Gasteiger partial charge in [-0.15, -0.1) is 0 Å². The van der Waals surface area contributed by atoms with Crippen molar-refractivity contribution in [3.63, 3.8) is 0 Å². The number of carbonyl (C=O) groups is 2. The maximum absolute atomic E-state index is 13.2. The number of likely N-dealkylation sites (tertiary alicyclic amines) is 1. The number of anilines is 1. The van der Waals surface area contributed by atoms with Gasteiger partial charge < -0.3 is 20.3 Å². The number of rotatable bonds is 4. The van der Waals surface area contributed by atoms with E-state index in [1.807, 2.05) is 47.4 Å². The van der Waals surface area contributed by atoms with Crippen molar-refractivity contribution in [2.75, 3.05) is 38.7 Å². The second kappa shape index (κ2) is 12.5. The molecule has 2 saturated heterocycles. The highest BCUT2D eigenvalue weighted by Gasteiger charge is 2.27. The van der Waals surface area contributed by atoms with Gasteiger partial charge in [0, 0.05) is 44.6 Å². The van der Waals surface area contributed by atoms with E-state index in [4.69, 9.17) is 10.00 Å². The zero-order chi connectivity index (χ0) is 25.3. The topological polar surface area (TPSA) is 94.5 Å². The smallest absolute Gasteiger partial charge is 0.318 e. The van der Waals surface area contributed by atoms with Gasteiger partial charge in [0.1, 0.15) is 0 Å². The average Bonchev–Trinajstić information content (AvgIpc) is 3.49. The summed E-state index contributed by atoms with van der Waals surface area (Å²) >= 11 is 0. The minimum atomic E-state index is -0.270. The molecule has 2 N–H and O–H groups in total. The van der Waals surface area contributed by atoms with Crippen molar-refractivity contribution >= 4 is 17.6 Å². The summed E-state index contributed by atoms with van der Waals surface area (Å²) in [4.78, 5) is 27.0. The number of ether oxygens (including phenoxy) is 1. The van der Waals surface area contributed by atoms with Crippen molar-refractivity contribution < 1.29 is 14.3 Å². The summed E-state index contributed by atoms with van der Waals surface area (Å²) in [5, 5.41) is 14.5. The Kier molecular flexibility index (Phi) is 8.96. The first-order valence-electron chi connectivity index (χ1n) is 13.1. The summed E-state index contributed by atoms with van der Waals surface area (Å²) in [5.74, 6) is 0.876. The van der Waals surface area contributed by atoms with Crippen LogP contribution >= 0.6 is 0 Å². The zero-order valence-electron chi connectivity index (χ0n) is 21.1. The Balaban J connectivity index is 0.000000543. The van der Waals surface area contributed by atoms with Gasteiger partial charge >= 0.3 is 6.03 Å². The number of piperidine rings is 1. The molecule has 3 amide bonds. The van der Waals surface area contributed by atoms with Crippen molar-refractivity contribution in [2.45, 2.75) is 56.8 Å². The van der Waals surface area contributed by atoms with Crippen LogP contribution in [0.4, 0.5) is 10.5 Å². The highest BCUT2D eigenvalue weighted by molar-refractivity contribution is 5.97. The van der Waals surface area contributed by atoms with Crippen molar-refractivity contribution in [2.24, 2.45) is 0 Å². The van der Waals surface area contributed by atoms with Crippen LogP contribution in [-0.4, -0.2) is 50.2 Å². The van der Waals surface area contributed by atoms with Crippen molar-refractivity contribution in [3.05, 3.63) is 64.7 Å². The van der Waals surface area contributed by atoms with E-state index in [0.29, 0.717) is 36.1 Å². The number of urea groups is 1. The van der Waals surface area contributed by atoms with E-state index in [-0.39, 0.29) is 11.9 Å². The van der Waals surface area contributed by atoms with E-state index in [2.05, 4.69) is 16.7 Å². The molecule has 0 bridgehead atoms. The number of benzene rings is 2. The molecular formula is C29H36N4O3. The molecule has 0 spiro atoms. The number of nitrogens with zero attached hydrogens (tertiary/aromatic N) is 2. The van der Waals surface area contributed by atoms with Crippen LogP contribution in [0.2, 0.25) is 0 Å². The molecule has 5 rings (SSSR count). The normalized spacial score (nSPS) is 17.8. The molecule has 36 heavy (non-hydrogen) atoms. The van der Waals surface area contributed by atoms with E-state index in [0.717, 1.165) is 50.1 Å². The number of hydrogen-bond donors (Lipinski definition) is 2. The highest BCUT2D eigenvalue weighted by Crippen LogP contribution is 2.40. The maximum atomic E-state index is 13.2. The molecule has 7 nitrogen and oxygen atoms in total. The molecule has 7 heteroatoms. The summed E-state index contributed by atoms with van der Waals surface area (Å²) in [6, 6.07) is 15.4. The number of amides is 3. The summed E-state index contributed by atoms with van der Waals surface area (Å²) in [6.07, 6.45) is 7.82. The first-order valence-corrected chi connectivity index (χ1v) is 13.1. The quantitative estimate of drug-likeness (QED) is 0.603. The van der Waals surface area contributed by atoms with E-state index in [1.165, 1.54) is 24.8 Å². The molecule has 1 saturated carbocycles. The van der Waals surface area contributed by atoms with Crippen molar-refractivity contribution in [1.82, 2.24) is 10.2 Å². The van der Waals surface area contributed by atoms with Crippen LogP contribution in [0.25, 0.3) is 0 Å². The molecule has 3 fully saturated rings. The third-order valence-electron chi connectivity index (χ3n) is 7.44. The molecule has 2 aliphatic heterocycles. The second-order valence-corrected chi connectivity index (χ2v) is 9.75. The molecule has 2 aromatic carbocycles. The minimum Gasteiger partial charge on any atom is -0.381 e. The molecule has 2 heterocycles. The summed E-state index contributed by atoms with van der Waals surface area (Å²) < 4.78 is 4.94. The third-order valence-corrected chi connectivity index (χ3v) is 7.44. The van der Waals surface area contributed by atoms with Gasteiger partial charge in [0.15, 0.2) is 0 Å². The van der Waals surface area contributed by atoms with E-state index >= 15 is 0 Å². The summed E-state index contributed by atoms with van der Waals surface area (Å²) in [5.41, 5.74) is 4.37. The molecule has 190 valence electrons.